The van der Waals surface area contributed by atoms with Gasteiger partial charge in [-0.05, 0) is 82.1 Å². The molecule has 3 aromatic carbocycles. The van der Waals surface area contributed by atoms with E-state index >= 15 is 0 Å². The average Bonchev–Trinajstić information content (AvgIpc) is 3.31. The topological polar surface area (TPSA) is 89.9 Å². The lowest BCUT2D eigenvalue weighted by molar-refractivity contribution is -0.176. The Kier molecular flexibility index (Phi) is 8.82. The third kappa shape index (κ3) is 6.12. The van der Waals surface area contributed by atoms with E-state index in [0.717, 1.165) is 0 Å². The van der Waals surface area contributed by atoms with Crippen molar-refractivity contribution in [2.75, 3.05) is 0 Å². The fourth-order valence-electron chi connectivity index (χ4n) is 4.97. The summed E-state index contributed by atoms with van der Waals surface area (Å²) in [5.41, 5.74) is 1.08. The molecule has 0 spiro atoms. The molecule has 0 aromatic heterocycles. The summed E-state index contributed by atoms with van der Waals surface area (Å²) >= 11 is 12.2. The number of benzene rings is 3. The minimum absolute atomic E-state index is 0.0386. The van der Waals surface area contributed by atoms with E-state index in [4.69, 9.17) is 32.7 Å². The predicted molar refractivity (Wildman–Crippen MR) is 158 cm³/mol. The molecule has 0 aliphatic heterocycles. The first-order chi connectivity index (χ1) is 19.3. The van der Waals surface area contributed by atoms with E-state index in [0.29, 0.717) is 37.9 Å². The number of hydrogen-bond donors (Lipinski definition) is 1. The van der Waals surface area contributed by atoms with E-state index in [1.165, 1.54) is 6.92 Å². The van der Waals surface area contributed by atoms with Crippen molar-refractivity contribution in [3.63, 3.8) is 0 Å². The number of rotatable bonds is 6. The van der Waals surface area contributed by atoms with Crippen LogP contribution in [0.1, 0.15) is 67.2 Å². The van der Waals surface area contributed by atoms with Crippen LogP contribution in [0.2, 0.25) is 10.0 Å². The van der Waals surface area contributed by atoms with Crippen LogP contribution in [0, 0.1) is 17.3 Å². The summed E-state index contributed by atoms with van der Waals surface area (Å²) < 4.78 is 11.1. The van der Waals surface area contributed by atoms with Crippen LogP contribution in [0.4, 0.5) is 0 Å². The number of phenols is 1. The second-order valence-electron chi connectivity index (χ2n) is 10.6. The number of aromatic hydroxyl groups is 1. The summed E-state index contributed by atoms with van der Waals surface area (Å²) in [5.74, 6) is 4.08. The molecule has 0 saturated carbocycles. The summed E-state index contributed by atoms with van der Waals surface area (Å²) in [4.78, 5) is 40.2. The number of carbonyl (C=O) groups excluding carboxylic acids is 3. The maximum absolute atomic E-state index is 13.6. The standard InChI is InChI=1S/C33H30Cl2O6/c1-18(2)40-31(38)33(32(39)41-19(3)4)16-26-25(15-8-21-6-11-23(34)12-7-21)29(22-9-13-24(35)14-10-22)28(20(5)36)30(37)27(26)17-33/h6-7,9-14,18-19,37H,16-17H2,1-5H3. The van der Waals surface area contributed by atoms with Gasteiger partial charge >= 0.3 is 11.9 Å². The summed E-state index contributed by atoms with van der Waals surface area (Å²) in [5, 5.41) is 12.6. The second kappa shape index (κ2) is 12.0. The van der Waals surface area contributed by atoms with E-state index in [2.05, 4.69) is 11.8 Å². The Balaban J connectivity index is 2.05. The first kappa shape index (κ1) is 30.2. The minimum Gasteiger partial charge on any atom is -0.507 e. The van der Waals surface area contributed by atoms with Crippen molar-refractivity contribution >= 4 is 40.9 Å². The molecular weight excluding hydrogens is 563 g/mol. The van der Waals surface area contributed by atoms with Gasteiger partial charge in [0.2, 0.25) is 0 Å². The third-order valence-electron chi connectivity index (χ3n) is 6.77. The van der Waals surface area contributed by atoms with Gasteiger partial charge in [0.05, 0.1) is 17.8 Å². The van der Waals surface area contributed by atoms with Crippen LogP contribution in [0.3, 0.4) is 0 Å². The molecule has 1 aliphatic rings. The summed E-state index contributed by atoms with van der Waals surface area (Å²) in [6.45, 7) is 8.10. The molecule has 0 heterocycles. The van der Waals surface area contributed by atoms with Crippen LogP contribution in [0.5, 0.6) is 5.75 Å². The Morgan fingerprint density at radius 1 is 0.805 bits per heavy atom. The van der Waals surface area contributed by atoms with Gasteiger partial charge in [0.25, 0.3) is 0 Å². The van der Waals surface area contributed by atoms with Gasteiger partial charge in [-0.1, -0.05) is 47.2 Å². The molecule has 0 amide bonds. The van der Waals surface area contributed by atoms with Gasteiger partial charge in [0, 0.05) is 45.1 Å². The lowest BCUT2D eigenvalue weighted by Gasteiger charge is -2.26. The zero-order valence-corrected chi connectivity index (χ0v) is 24.9. The Morgan fingerprint density at radius 3 is 1.78 bits per heavy atom. The monoisotopic (exact) mass is 592 g/mol. The maximum atomic E-state index is 13.6. The van der Waals surface area contributed by atoms with Crippen LogP contribution in [0.15, 0.2) is 48.5 Å². The number of Topliss-reactive ketones (excluding diaryl/α,β-unsaturated/α-hetero) is 1. The zero-order chi connectivity index (χ0) is 30.1. The fraction of sp³-hybridized carbons (Fsp3) is 0.303. The van der Waals surface area contributed by atoms with Gasteiger partial charge in [-0.25, -0.2) is 0 Å². The van der Waals surface area contributed by atoms with Crippen LogP contribution in [0.25, 0.3) is 11.1 Å². The zero-order valence-electron chi connectivity index (χ0n) is 23.4. The van der Waals surface area contributed by atoms with Crippen molar-refractivity contribution < 1.29 is 29.0 Å². The molecule has 0 atom stereocenters. The Hall–Kier alpha value is -3.79. The van der Waals surface area contributed by atoms with Crippen molar-refractivity contribution in [3.05, 3.63) is 86.4 Å². The second-order valence-corrected chi connectivity index (χ2v) is 11.5. The molecule has 8 heteroatoms. The minimum atomic E-state index is -1.77. The van der Waals surface area contributed by atoms with Crippen molar-refractivity contribution in [1.82, 2.24) is 0 Å². The van der Waals surface area contributed by atoms with Gasteiger partial charge in [-0.3, -0.25) is 14.4 Å². The molecule has 212 valence electrons. The Bertz CT molecular complexity index is 1550. The van der Waals surface area contributed by atoms with Gasteiger partial charge in [-0.15, -0.1) is 0 Å². The first-order valence-corrected chi connectivity index (χ1v) is 14.0. The number of esters is 2. The molecule has 0 unspecified atom stereocenters. The highest BCUT2D eigenvalue weighted by Crippen LogP contribution is 2.49. The van der Waals surface area contributed by atoms with Gasteiger partial charge in [0.1, 0.15) is 5.75 Å². The third-order valence-corrected chi connectivity index (χ3v) is 7.28. The van der Waals surface area contributed by atoms with Crippen LogP contribution in [-0.2, 0) is 31.9 Å². The Morgan fingerprint density at radius 2 is 1.29 bits per heavy atom. The molecule has 0 saturated heterocycles. The number of halogens is 2. The molecule has 0 bridgehead atoms. The van der Waals surface area contributed by atoms with Gasteiger partial charge in [-0.2, -0.15) is 0 Å². The molecule has 6 nitrogen and oxygen atoms in total. The van der Waals surface area contributed by atoms with Gasteiger partial charge in [0.15, 0.2) is 11.2 Å². The smallest absolute Gasteiger partial charge is 0.324 e. The van der Waals surface area contributed by atoms with Crippen molar-refractivity contribution in [2.45, 2.75) is 59.7 Å². The molecule has 1 aliphatic carbocycles. The number of phenolic OH excluding ortho intramolecular Hbond substituents is 1. The number of ketones is 1. The fourth-order valence-corrected chi connectivity index (χ4v) is 5.22. The lowest BCUT2D eigenvalue weighted by Crippen LogP contribution is -2.44. The SMILES string of the molecule is CC(=O)c1c(O)c2c(c(C#Cc3ccc(Cl)cc3)c1-c1ccc(Cl)cc1)CC(C(=O)OC(C)C)(C(=O)OC(C)C)C2. The highest BCUT2D eigenvalue weighted by atomic mass is 35.5. The van der Waals surface area contributed by atoms with Crippen molar-refractivity contribution in [2.24, 2.45) is 5.41 Å². The van der Waals surface area contributed by atoms with Crippen LogP contribution >= 0.6 is 23.2 Å². The normalized spacial score (nSPS) is 13.4. The lowest BCUT2D eigenvalue weighted by atomic mass is 9.84. The van der Waals surface area contributed by atoms with Crippen LogP contribution in [-0.4, -0.2) is 35.0 Å². The predicted octanol–water partition coefficient (Wildman–Crippen LogP) is 6.96. The largest absolute Gasteiger partial charge is 0.507 e. The van der Waals surface area contributed by atoms with Crippen molar-refractivity contribution in [3.8, 4) is 28.7 Å². The summed E-state index contributed by atoms with van der Waals surface area (Å²) in [7, 11) is 0. The molecule has 0 fully saturated rings. The number of carbonyl (C=O) groups is 3. The van der Waals surface area contributed by atoms with E-state index in [1.807, 2.05) is 0 Å². The van der Waals surface area contributed by atoms with Crippen LogP contribution < -0.4 is 0 Å². The number of fused-ring (bicyclic) bond motifs is 1. The molecule has 1 N–H and O–H groups in total. The highest BCUT2D eigenvalue weighted by molar-refractivity contribution is 6.31. The maximum Gasteiger partial charge on any atom is 0.324 e. The van der Waals surface area contributed by atoms with Gasteiger partial charge < -0.3 is 14.6 Å². The molecule has 3 aromatic rings. The van der Waals surface area contributed by atoms with E-state index in [9.17, 15) is 19.5 Å². The van der Waals surface area contributed by atoms with E-state index in [1.54, 1.807) is 76.2 Å². The molecule has 4 rings (SSSR count). The summed E-state index contributed by atoms with van der Waals surface area (Å²) in [6, 6.07) is 13.7. The number of ether oxygens (including phenoxy) is 2. The quantitative estimate of drug-likeness (QED) is 0.144. The summed E-state index contributed by atoms with van der Waals surface area (Å²) in [6.07, 6.45) is -1.33. The first-order valence-electron chi connectivity index (χ1n) is 13.2. The highest BCUT2D eigenvalue weighted by Gasteiger charge is 2.55. The Labute approximate surface area is 249 Å². The molecular formula is C33H30Cl2O6. The number of hydrogen-bond acceptors (Lipinski definition) is 6. The molecule has 41 heavy (non-hydrogen) atoms. The molecule has 0 radical (unpaired) electrons. The van der Waals surface area contributed by atoms with E-state index < -0.39 is 35.3 Å². The van der Waals surface area contributed by atoms with Crippen molar-refractivity contribution in [1.29, 1.82) is 0 Å². The van der Waals surface area contributed by atoms with E-state index in [-0.39, 0.29) is 29.7 Å². The average molecular weight is 594 g/mol.